The Morgan fingerprint density at radius 1 is 1.36 bits per heavy atom. The first-order chi connectivity index (χ1) is 5.02. The monoisotopic (exact) mass is 169 g/mol. The Labute approximate surface area is 65.0 Å². The van der Waals surface area contributed by atoms with Gasteiger partial charge in [0, 0.05) is 0 Å². The zero-order chi connectivity index (χ0) is 8.91. The summed E-state index contributed by atoms with van der Waals surface area (Å²) in [7, 11) is 1.66. The summed E-state index contributed by atoms with van der Waals surface area (Å²) in [5.74, 6) is -1.14. The van der Waals surface area contributed by atoms with Crippen LogP contribution in [0.5, 0.6) is 0 Å². The summed E-state index contributed by atoms with van der Waals surface area (Å²) in [6, 6.07) is 0. The van der Waals surface area contributed by atoms with Gasteiger partial charge in [0.15, 0.2) is 0 Å². The summed E-state index contributed by atoms with van der Waals surface area (Å²) in [6.07, 6.45) is -3.67. The molecule has 0 radical (unpaired) electrons. The van der Waals surface area contributed by atoms with Gasteiger partial charge in [-0.3, -0.25) is 0 Å². The van der Waals surface area contributed by atoms with Crippen molar-refractivity contribution in [2.75, 3.05) is 13.6 Å². The topological polar surface area (TPSA) is 12.0 Å². The maximum absolute atomic E-state index is 12.0. The Kier molecular flexibility index (Phi) is 4.49. The van der Waals surface area contributed by atoms with Gasteiger partial charge in [0.1, 0.15) is 0 Å². The number of hydrogen-bond acceptors (Lipinski definition) is 1. The fourth-order valence-corrected chi connectivity index (χ4v) is 0.918. The van der Waals surface area contributed by atoms with Crippen molar-refractivity contribution < 1.29 is 13.2 Å². The molecule has 0 aromatic heterocycles. The maximum Gasteiger partial charge on any atom is 0.391 e. The molecule has 1 nitrogen and oxygen atoms in total. The molecule has 0 saturated carbocycles. The summed E-state index contributed by atoms with van der Waals surface area (Å²) >= 11 is 0. The van der Waals surface area contributed by atoms with E-state index in [4.69, 9.17) is 0 Å². The molecule has 4 heteroatoms. The number of hydrogen-bond donors (Lipinski definition) is 1. The van der Waals surface area contributed by atoms with Crippen LogP contribution >= 0.6 is 0 Å². The Morgan fingerprint density at radius 3 is 2.18 bits per heavy atom. The third-order valence-electron chi connectivity index (χ3n) is 1.70. The lowest BCUT2D eigenvalue weighted by Crippen LogP contribution is -2.25. The smallest absolute Gasteiger partial charge is 0.320 e. The lowest BCUT2D eigenvalue weighted by Gasteiger charge is -2.17. The molecule has 0 aromatic rings. The number of nitrogens with one attached hydrogen (secondary N) is 1. The molecule has 0 bridgehead atoms. The Morgan fingerprint density at radius 2 is 1.91 bits per heavy atom. The molecule has 0 amide bonds. The minimum Gasteiger partial charge on any atom is -0.320 e. The summed E-state index contributed by atoms with van der Waals surface area (Å²) in [5, 5.41) is 2.70. The van der Waals surface area contributed by atoms with Crippen LogP contribution in [0, 0.1) is 5.92 Å². The standard InChI is InChI=1S/C7H14F3N/c1-3-6(4-5-11-2)7(8,9)10/h6,11H,3-5H2,1-2H3. The van der Waals surface area contributed by atoms with E-state index in [-0.39, 0.29) is 12.8 Å². The average molecular weight is 169 g/mol. The van der Waals surface area contributed by atoms with E-state index in [1.807, 2.05) is 0 Å². The Balaban J connectivity index is 3.76. The predicted octanol–water partition coefficient (Wildman–Crippen LogP) is 2.18. The van der Waals surface area contributed by atoms with Crippen molar-refractivity contribution in [1.29, 1.82) is 0 Å². The highest BCUT2D eigenvalue weighted by Gasteiger charge is 2.37. The molecule has 1 unspecified atom stereocenters. The molecule has 0 saturated heterocycles. The average Bonchev–Trinajstić information content (AvgIpc) is 1.87. The lowest BCUT2D eigenvalue weighted by molar-refractivity contribution is -0.176. The van der Waals surface area contributed by atoms with Crippen LogP contribution in [0.25, 0.3) is 0 Å². The lowest BCUT2D eigenvalue weighted by atomic mass is 10.0. The second-order valence-corrected chi connectivity index (χ2v) is 2.54. The van der Waals surface area contributed by atoms with Gasteiger partial charge in [-0.1, -0.05) is 6.92 Å². The molecule has 0 aliphatic carbocycles. The largest absolute Gasteiger partial charge is 0.391 e. The molecule has 0 aliphatic heterocycles. The Hall–Kier alpha value is -0.250. The number of halogens is 3. The fourth-order valence-electron chi connectivity index (χ4n) is 0.918. The molecule has 1 atom stereocenters. The van der Waals surface area contributed by atoms with E-state index < -0.39 is 12.1 Å². The third kappa shape index (κ3) is 4.24. The van der Waals surface area contributed by atoms with Crippen molar-refractivity contribution in [3.05, 3.63) is 0 Å². The van der Waals surface area contributed by atoms with Crippen molar-refractivity contribution >= 4 is 0 Å². The normalized spacial score (nSPS) is 15.0. The van der Waals surface area contributed by atoms with Crippen LogP contribution in [0.1, 0.15) is 19.8 Å². The predicted molar refractivity (Wildman–Crippen MR) is 38.4 cm³/mol. The minimum atomic E-state index is -4.02. The molecule has 68 valence electrons. The first-order valence-electron chi connectivity index (χ1n) is 3.73. The molecule has 0 fully saturated rings. The van der Waals surface area contributed by atoms with Gasteiger partial charge >= 0.3 is 6.18 Å². The van der Waals surface area contributed by atoms with Gasteiger partial charge in [-0.25, -0.2) is 0 Å². The molecule has 11 heavy (non-hydrogen) atoms. The van der Waals surface area contributed by atoms with E-state index >= 15 is 0 Å². The van der Waals surface area contributed by atoms with E-state index in [0.29, 0.717) is 6.54 Å². The molecule has 1 N–H and O–H groups in total. The quantitative estimate of drug-likeness (QED) is 0.680. The van der Waals surface area contributed by atoms with Crippen LogP contribution in [0.3, 0.4) is 0 Å². The van der Waals surface area contributed by atoms with Crippen molar-refractivity contribution in [2.24, 2.45) is 5.92 Å². The molecule has 0 aliphatic rings. The van der Waals surface area contributed by atoms with Crippen molar-refractivity contribution in [3.8, 4) is 0 Å². The summed E-state index contributed by atoms with van der Waals surface area (Å²) < 4.78 is 36.0. The van der Waals surface area contributed by atoms with Crippen LogP contribution < -0.4 is 5.32 Å². The molecular formula is C7H14F3N. The van der Waals surface area contributed by atoms with Gasteiger partial charge in [-0.2, -0.15) is 13.2 Å². The molecule has 0 rings (SSSR count). The molecular weight excluding hydrogens is 155 g/mol. The SMILES string of the molecule is CCC(CCNC)C(F)(F)F. The van der Waals surface area contributed by atoms with Gasteiger partial charge in [0.25, 0.3) is 0 Å². The molecule has 0 heterocycles. The second-order valence-electron chi connectivity index (χ2n) is 2.54. The van der Waals surface area contributed by atoms with Crippen molar-refractivity contribution in [2.45, 2.75) is 25.9 Å². The van der Waals surface area contributed by atoms with E-state index in [1.165, 1.54) is 0 Å². The van der Waals surface area contributed by atoms with Crippen molar-refractivity contribution in [1.82, 2.24) is 5.32 Å². The maximum atomic E-state index is 12.0. The van der Waals surface area contributed by atoms with E-state index in [0.717, 1.165) is 0 Å². The first kappa shape index (κ1) is 10.8. The summed E-state index contributed by atoms with van der Waals surface area (Å²) in [4.78, 5) is 0. The zero-order valence-corrected chi connectivity index (χ0v) is 6.83. The highest BCUT2D eigenvalue weighted by atomic mass is 19.4. The Bertz CT molecular complexity index is 100. The highest BCUT2D eigenvalue weighted by Crippen LogP contribution is 2.30. The zero-order valence-electron chi connectivity index (χ0n) is 6.83. The minimum absolute atomic E-state index is 0.172. The second kappa shape index (κ2) is 4.59. The van der Waals surface area contributed by atoms with Gasteiger partial charge in [-0.15, -0.1) is 0 Å². The highest BCUT2D eigenvalue weighted by molar-refractivity contribution is 4.66. The number of alkyl halides is 3. The van der Waals surface area contributed by atoms with E-state index in [9.17, 15) is 13.2 Å². The van der Waals surface area contributed by atoms with Gasteiger partial charge in [0.05, 0.1) is 5.92 Å². The van der Waals surface area contributed by atoms with Gasteiger partial charge < -0.3 is 5.32 Å². The first-order valence-corrected chi connectivity index (χ1v) is 3.73. The van der Waals surface area contributed by atoms with Crippen LogP contribution in [0.15, 0.2) is 0 Å². The summed E-state index contributed by atoms with van der Waals surface area (Å²) in [6.45, 7) is 1.99. The van der Waals surface area contributed by atoms with Gasteiger partial charge in [0.2, 0.25) is 0 Å². The molecule has 0 aromatic carbocycles. The van der Waals surface area contributed by atoms with E-state index in [2.05, 4.69) is 5.32 Å². The summed E-state index contributed by atoms with van der Waals surface area (Å²) in [5.41, 5.74) is 0. The van der Waals surface area contributed by atoms with Crippen LogP contribution in [0.4, 0.5) is 13.2 Å². The van der Waals surface area contributed by atoms with E-state index in [1.54, 1.807) is 14.0 Å². The van der Waals surface area contributed by atoms with Crippen LogP contribution in [-0.4, -0.2) is 19.8 Å². The third-order valence-corrected chi connectivity index (χ3v) is 1.70. The van der Waals surface area contributed by atoms with Crippen molar-refractivity contribution in [3.63, 3.8) is 0 Å². The fraction of sp³-hybridized carbons (Fsp3) is 1.00. The van der Waals surface area contributed by atoms with Gasteiger partial charge in [-0.05, 0) is 26.4 Å². The van der Waals surface area contributed by atoms with Crippen LogP contribution in [0.2, 0.25) is 0 Å². The number of rotatable bonds is 4. The molecule has 0 spiro atoms. The van der Waals surface area contributed by atoms with Crippen LogP contribution in [-0.2, 0) is 0 Å².